The summed E-state index contributed by atoms with van der Waals surface area (Å²) < 4.78 is 6.39. The zero-order valence-electron chi connectivity index (χ0n) is 13.8. The maximum absolute atomic E-state index is 13.0. The molecule has 5 nitrogen and oxygen atoms in total. The number of aromatic nitrogens is 2. The Labute approximate surface area is 148 Å². The van der Waals surface area contributed by atoms with E-state index in [1.807, 2.05) is 0 Å². The van der Waals surface area contributed by atoms with Crippen LogP contribution < -0.4 is 5.56 Å². The molecule has 2 heterocycles. The van der Waals surface area contributed by atoms with Crippen LogP contribution in [0.3, 0.4) is 0 Å². The van der Waals surface area contributed by atoms with E-state index in [2.05, 4.69) is 6.58 Å². The van der Waals surface area contributed by atoms with Gasteiger partial charge in [0.15, 0.2) is 5.16 Å². The average Bonchev–Trinajstić information content (AvgIpc) is 2.95. The molecular formula is C17H20N2O3S2. The molecule has 3 rings (SSSR count). The van der Waals surface area contributed by atoms with Crippen LogP contribution in [0.5, 0.6) is 0 Å². The molecule has 0 aromatic carbocycles. The van der Waals surface area contributed by atoms with Gasteiger partial charge in [-0.15, -0.1) is 17.9 Å². The number of thioether (sulfide) groups is 1. The Bertz CT molecular complexity index is 854. The first-order valence-electron chi connectivity index (χ1n) is 7.97. The third-order valence-electron chi connectivity index (χ3n) is 4.17. The number of fused-ring (bicyclic) bond motifs is 3. The number of aryl methyl sites for hydroxylation is 2. The maximum Gasteiger partial charge on any atom is 0.318 e. The Kier molecular flexibility index (Phi) is 5.10. The Balaban J connectivity index is 2.14. The molecule has 2 aromatic rings. The van der Waals surface area contributed by atoms with E-state index in [1.54, 1.807) is 28.9 Å². The van der Waals surface area contributed by atoms with Crippen LogP contribution in [0, 0.1) is 0 Å². The highest BCUT2D eigenvalue weighted by molar-refractivity contribution is 8.00. The SMILES string of the molecule is C=CCn1c(S[C@H](C)C(=O)OC)nc2sc3c(c2c1=O)CCCC3. The Morgan fingerprint density at radius 2 is 2.25 bits per heavy atom. The normalized spacial score (nSPS) is 15.1. The van der Waals surface area contributed by atoms with Crippen molar-refractivity contribution in [2.24, 2.45) is 0 Å². The summed E-state index contributed by atoms with van der Waals surface area (Å²) in [4.78, 5) is 31.5. The van der Waals surface area contributed by atoms with Crippen molar-refractivity contribution in [3.63, 3.8) is 0 Å². The van der Waals surface area contributed by atoms with E-state index in [0.717, 1.165) is 29.5 Å². The minimum Gasteiger partial charge on any atom is -0.468 e. The zero-order valence-corrected chi connectivity index (χ0v) is 15.5. The van der Waals surface area contributed by atoms with Crippen LogP contribution in [0.25, 0.3) is 10.2 Å². The summed E-state index contributed by atoms with van der Waals surface area (Å²) in [5.41, 5.74) is 1.15. The fourth-order valence-corrected chi connectivity index (χ4v) is 5.22. The predicted molar refractivity (Wildman–Crippen MR) is 98.1 cm³/mol. The van der Waals surface area contributed by atoms with Gasteiger partial charge in [-0.25, -0.2) is 4.98 Å². The summed E-state index contributed by atoms with van der Waals surface area (Å²) in [7, 11) is 1.36. The number of thiophene rings is 1. The lowest BCUT2D eigenvalue weighted by Crippen LogP contribution is -2.25. The number of hydrogen-bond acceptors (Lipinski definition) is 6. The number of ether oxygens (including phenoxy) is 1. The molecule has 1 aliphatic carbocycles. The van der Waals surface area contributed by atoms with Crippen molar-refractivity contribution in [2.45, 2.75) is 49.6 Å². The molecule has 1 atom stereocenters. The van der Waals surface area contributed by atoms with E-state index >= 15 is 0 Å². The summed E-state index contributed by atoms with van der Waals surface area (Å²) >= 11 is 2.87. The molecule has 0 radical (unpaired) electrons. The van der Waals surface area contributed by atoms with Gasteiger partial charge in [0.25, 0.3) is 5.56 Å². The summed E-state index contributed by atoms with van der Waals surface area (Å²) in [6, 6.07) is 0. The van der Waals surface area contributed by atoms with Gasteiger partial charge in [0.1, 0.15) is 10.1 Å². The summed E-state index contributed by atoms with van der Waals surface area (Å²) in [6.07, 6.45) is 5.95. The molecule has 2 aromatic heterocycles. The second kappa shape index (κ2) is 7.11. The first-order chi connectivity index (χ1) is 11.6. The Morgan fingerprint density at radius 1 is 1.50 bits per heavy atom. The quantitative estimate of drug-likeness (QED) is 0.353. The van der Waals surface area contributed by atoms with E-state index in [0.29, 0.717) is 11.7 Å². The number of hydrogen-bond donors (Lipinski definition) is 0. The number of nitrogens with zero attached hydrogens (tertiary/aromatic N) is 2. The Morgan fingerprint density at radius 3 is 2.96 bits per heavy atom. The molecule has 128 valence electrons. The molecule has 7 heteroatoms. The summed E-state index contributed by atoms with van der Waals surface area (Å²) in [6.45, 7) is 5.87. The first kappa shape index (κ1) is 17.2. The largest absolute Gasteiger partial charge is 0.468 e. The summed E-state index contributed by atoms with van der Waals surface area (Å²) in [5.74, 6) is -0.329. The molecule has 0 unspecified atom stereocenters. The molecule has 0 spiro atoms. The fraction of sp³-hybridized carbons (Fsp3) is 0.471. The lowest BCUT2D eigenvalue weighted by molar-refractivity contribution is -0.139. The van der Waals surface area contributed by atoms with Crippen LogP contribution in [0.1, 0.15) is 30.2 Å². The van der Waals surface area contributed by atoms with Gasteiger partial charge in [-0.2, -0.15) is 0 Å². The van der Waals surface area contributed by atoms with Crippen LogP contribution in [-0.4, -0.2) is 27.9 Å². The van der Waals surface area contributed by atoms with Crippen LogP contribution in [0.2, 0.25) is 0 Å². The van der Waals surface area contributed by atoms with Gasteiger partial charge in [-0.3, -0.25) is 14.2 Å². The smallest absolute Gasteiger partial charge is 0.318 e. The van der Waals surface area contributed by atoms with Crippen molar-refractivity contribution < 1.29 is 9.53 Å². The summed E-state index contributed by atoms with van der Waals surface area (Å²) in [5, 5.41) is 0.875. The van der Waals surface area contributed by atoms with Gasteiger partial charge in [-0.1, -0.05) is 17.8 Å². The van der Waals surface area contributed by atoms with Crippen molar-refractivity contribution in [3.8, 4) is 0 Å². The first-order valence-corrected chi connectivity index (χ1v) is 9.67. The lowest BCUT2D eigenvalue weighted by Gasteiger charge is -2.14. The standard InChI is InChI=1S/C17H20N2O3S2/c1-4-9-19-15(20)13-11-7-5-6-8-12(11)24-14(13)18-17(19)23-10(2)16(21)22-3/h4,10H,1,5-9H2,2-3H3/t10-/m1/s1. The van der Waals surface area contributed by atoms with Gasteiger partial charge in [0, 0.05) is 11.4 Å². The molecule has 24 heavy (non-hydrogen) atoms. The minimum atomic E-state index is -0.426. The number of methoxy groups -OCH3 is 1. The van der Waals surface area contributed by atoms with Gasteiger partial charge < -0.3 is 4.74 Å². The van der Waals surface area contributed by atoms with Crippen molar-refractivity contribution in [1.29, 1.82) is 0 Å². The Hall–Kier alpha value is -1.60. The van der Waals surface area contributed by atoms with Crippen LogP contribution in [-0.2, 0) is 28.9 Å². The highest BCUT2D eigenvalue weighted by Gasteiger charge is 2.24. The van der Waals surface area contributed by atoms with Crippen molar-refractivity contribution in [3.05, 3.63) is 33.4 Å². The molecule has 0 aliphatic heterocycles. The molecule has 0 saturated heterocycles. The molecule has 0 fully saturated rings. The van der Waals surface area contributed by atoms with Crippen LogP contribution in [0.15, 0.2) is 22.6 Å². The minimum absolute atomic E-state index is 0.0288. The second-order valence-electron chi connectivity index (χ2n) is 5.77. The van der Waals surface area contributed by atoms with E-state index in [4.69, 9.17) is 9.72 Å². The van der Waals surface area contributed by atoms with Gasteiger partial charge in [-0.05, 0) is 38.2 Å². The number of esters is 1. The third kappa shape index (κ3) is 3.02. The third-order valence-corrected chi connectivity index (χ3v) is 6.42. The fourth-order valence-electron chi connectivity index (χ4n) is 2.97. The monoisotopic (exact) mass is 364 g/mol. The van der Waals surface area contributed by atoms with Crippen LogP contribution in [0.4, 0.5) is 0 Å². The van der Waals surface area contributed by atoms with E-state index in [9.17, 15) is 9.59 Å². The highest BCUT2D eigenvalue weighted by atomic mass is 32.2. The lowest BCUT2D eigenvalue weighted by atomic mass is 9.97. The molecule has 0 bridgehead atoms. The molecule has 0 amide bonds. The maximum atomic E-state index is 13.0. The molecule has 0 saturated carbocycles. The van der Waals surface area contributed by atoms with Crippen molar-refractivity contribution in [1.82, 2.24) is 9.55 Å². The van der Waals surface area contributed by atoms with Gasteiger partial charge >= 0.3 is 5.97 Å². The average molecular weight is 364 g/mol. The molecular weight excluding hydrogens is 344 g/mol. The zero-order chi connectivity index (χ0) is 17.3. The van der Waals surface area contributed by atoms with Gasteiger partial charge in [0.05, 0.1) is 12.5 Å². The van der Waals surface area contributed by atoms with E-state index in [1.165, 1.54) is 35.7 Å². The highest BCUT2D eigenvalue weighted by Crippen LogP contribution is 2.35. The predicted octanol–water partition coefficient (Wildman–Crippen LogP) is 3.18. The molecule has 0 N–H and O–H groups in total. The van der Waals surface area contributed by atoms with E-state index in [-0.39, 0.29) is 11.5 Å². The number of allylic oxidation sites excluding steroid dienone is 1. The number of rotatable bonds is 5. The second-order valence-corrected chi connectivity index (χ2v) is 8.16. The molecule has 1 aliphatic rings. The van der Waals surface area contributed by atoms with Gasteiger partial charge in [0.2, 0.25) is 0 Å². The number of carbonyl (C=O) groups excluding carboxylic acids is 1. The number of carbonyl (C=O) groups is 1. The van der Waals surface area contributed by atoms with E-state index < -0.39 is 5.25 Å². The van der Waals surface area contributed by atoms with Crippen LogP contribution >= 0.6 is 23.1 Å². The topological polar surface area (TPSA) is 61.2 Å². The van der Waals surface area contributed by atoms with Crippen molar-refractivity contribution in [2.75, 3.05) is 7.11 Å². The van der Waals surface area contributed by atoms with Crippen molar-refractivity contribution >= 4 is 39.3 Å².